The molecular weight excluding hydrogens is 346 g/mol. The van der Waals surface area contributed by atoms with E-state index in [9.17, 15) is 8.78 Å². The van der Waals surface area contributed by atoms with Gasteiger partial charge in [-0.3, -0.25) is 10.3 Å². The number of rotatable bonds is 8. The lowest BCUT2D eigenvalue weighted by atomic mass is 9.95. The van der Waals surface area contributed by atoms with E-state index < -0.39 is 11.6 Å². The van der Waals surface area contributed by atoms with Gasteiger partial charge in [0, 0.05) is 45.0 Å². The molecule has 0 radical (unpaired) electrons. The van der Waals surface area contributed by atoms with Crippen LogP contribution in [-0.2, 0) is 6.54 Å². The predicted octanol–water partition coefficient (Wildman–Crippen LogP) is 3.49. The Balaban J connectivity index is 1.58. The first-order valence-electron chi connectivity index (χ1n) is 10.5. The molecule has 1 heterocycles. The maximum atomic E-state index is 13.6. The molecule has 1 aliphatic heterocycles. The van der Waals surface area contributed by atoms with Gasteiger partial charge in [0.05, 0.1) is 0 Å². The third kappa shape index (κ3) is 6.79. The van der Waals surface area contributed by atoms with E-state index in [-0.39, 0.29) is 0 Å². The summed E-state index contributed by atoms with van der Waals surface area (Å²) in [4.78, 5) is 2.34. The molecule has 4 nitrogen and oxygen atoms in total. The maximum Gasteiger partial charge on any atom is 0.126 e. The fraction of sp³-hybridized carbons (Fsp3) is 0.714. The number of nitrogens with zero attached hydrogens (tertiary/aromatic N) is 2. The molecule has 0 bridgehead atoms. The van der Waals surface area contributed by atoms with Crippen LogP contribution in [0.4, 0.5) is 8.78 Å². The third-order valence-electron chi connectivity index (χ3n) is 5.98. The van der Waals surface area contributed by atoms with Crippen LogP contribution in [0.1, 0.15) is 50.5 Å². The second kappa shape index (κ2) is 10.5. The zero-order valence-corrected chi connectivity index (χ0v) is 16.5. The monoisotopic (exact) mass is 380 g/mol. The highest BCUT2D eigenvalue weighted by molar-refractivity contribution is 5.17. The molecule has 1 saturated carbocycles. The van der Waals surface area contributed by atoms with Crippen molar-refractivity contribution in [2.45, 2.75) is 57.5 Å². The molecule has 0 amide bonds. The first-order valence-corrected chi connectivity index (χ1v) is 10.5. The number of hydrogen-bond acceptors (Lipinski definition) is 4. The molecule has 0 aromatic heterocycles. The molecule has 1 aliphatic carbocycles. The van der Waals surface area contributed by atoms with Crippen molar-refractivity contribution in [1.29, 1.82) is 0 Å². The van der Waals surface area contributed by atoms with Crippen LogP contribution in [0.3, 0.4) is 0 Å². The van der Waals surface area contributed by atoms with Crippen LogP contribution in [0.5, 0.6) is 0 Å². The zero-order chi connectivity index (χ0) is 19.1. The largest absolute Gasteiger partial charge is 0.302 e. The Labute approximate surface area is 162 Å². The second-order valence-corrected chi connectivity index (χ2v) is 8.14. The van der Waals surface area contributed by atoms with E-state index in [1.54, 1.807) is 0 Å². The maximum absolute atomic E-state index is 13.6. The Kier molecular flexibility index (Phi) is 8.00. The van der Waals surface area contributed by atoms with Gasteiger partial charge in [0.1, 0.15) is 11.6 Å². The highest BCUT2D eigenvalue weighted by atomic mass is 19.1. The molecule has 2 fully saturated rings. The van der Waals surface area contributed by atoms with Gasteiger partial charge in [-0.25, -0.2) is 13.8 Å². The van der Waals surface area contributed by atoms with E-state index in [0.29, 0.717) is 24.1 Å². The van der Waals surface area contributed by atoms with Crippen LogP contribution in [0.15, 0.2) is 18.2 Å². The van der Waals surface area contributed by atoms with Crippen molar-refractivity contribution >= 4 is 0 Å². The van der Waals surface area contributed by atoms with Crippen molar-refractivity contribution in [3.63, 3.8) is 0 Å². The number of nitrogens with one attached hydrogen (secondary N) is 2. The molecule has 0 unspecified atom stereocenters. The van der Waals surface area contributed by atoms with E-state index in [0.717, 1.165) is 45.2 Å². The highest BCUT2D eigenvalue weighted by Crippen LogP contribution is 2.20. The zero-order valence-electron chi connectivity index (χ0n) is 16.5. The molecule has 0 spiro atoms. The molecule has 1 aromatic rings. The van der Waals surface area contributed by atoms with Gasteiger partial charge < -0.3 is 5.32 Å². The molecule has 1 saturated heterocycles. The lowest BCUT2D eigenvalue weighted by Crippen LogP contribution is -2.46. The summed E-state index contributed by atoms with van der Waals surface area (Å²) in [5.41, 5.74) is 3.94. The summed E-state index contributed by atoms with van der Waals surface area (Å²) in [6.45, 7) is 4.45. The number of piperidine rings is 1. The summed E-state index contributed by atoms with van der Waals surface area (Å²) in [6, 6.07) is 4.44. The van der Waals surface area contributed by atoms with Crippen LogP contribution >= 0.6 is 0 Å². The number of hydrogen-bond donors (Lipinski definition) is 2. The third-order valence-corrected chi connectivity index (χ3v) is 5.98. The lowest BCUT2D eigenvalue weighted by molar-refractivity contribution is 0.104. The Bertz CT molecular complexity index is 549. The molecule has 6 heteroatoms. The van der Waals surface area contributed by atoms with Crippen LogP contribution in [0, 0.1) is 17.6 Å². The molecule has 0 atom stereocenters. The topological polar surface area (TPSA) is 30.5 Å². The van der Waals surface area contributed by atoms with Crippen molar-refractivity contribution in [3.05, 3.63) is 35.4 Å². The van der Waals surface area contributed by atoms with Crippen LogP contribution < -0.4 is 10.7 Å². The Morgan fingerprint density at radius 2 is 1.67 bits per heavy atom. The Morgan fingerprint density at radius 3 is 2.30 bits per heavy atom. The van der Waals surface area contributed by atoms with Gasteiger partial charge in [0.15, 0.2) is 0 Å². The van der Waals surface area contributed by atoms with E-state index in [4.69, 9.17) is 0 Å². The van der Waals surface area contributed by atoms with Gasteiger partial charge in [-0.2, -0.15) is 0 Å². The van der Waals surface area contributed by atoms with Gasteiger partial charge in [0.25, 0.3) is 0 Å². The fourth-order valence-corrected chi connectivity index (χ4v) is 4.41. The van der Waals surface area contributed by atoms with Crippen molar-refractivity contribution in [1.82, 2.24) is 20.7 Å². The van der Waals surface area contributed by atoms with Crippen LogP contribution in [0.25, 0.3) is 0 Å². The summed E-state index contributed by atoms with van der Waals surface area (Å²) in [7, 11) is 1.97. The normalized spacial score (nSPS) is 20.4. The van der Waals surface area contributed by atoms with Crippen molar-refractivity contribution in [2.75, 3.05) is 33.4 Å². The van der Waals surface area contributed by atoms with E-state index >= 15 is 0 Å². The number of benzene rings is 1. The molecule has 2 aliphatic rings. The summed E-state index contributed by atoms with van der Waals surface area (Å²) < 4.78 is 27.2. The summed E-state index contributed by atoms with van der Waals surface area (Å²) in [5.74, 6) is -0.360. The molecular formula is C21H34F2N4. The van der Waals surface area contributed by atoms with Crippen molar-refractivity contribution in [2.24, 2.45) is 5.92 Å². The van der Waals surface area contributed by atoms with E-state index in [1.807, 2.05) is 7.05 Å². The van der Waals surface area contributed by atoms with Crippen molar-refractivity contribution in [3.8, 4) is 0 Å². The van der Waals surface area contributed by atoms with Gasteiger partial charge in [-0.05, 0) is 56.3 Å². The first kappa shape index (κ1) is 20.6. The minimum Gasteiger partial charge on any atom is -0.302 e. The predicted molar refractivity (Wildman–Crippen MR) is 105 cm³/mol. The number of halogens is 2. The van der Waals surface area contributed by atoms with Gasteiger partial charge in [-0.1, -0.05) is 19.3 Å². The lowest BCUT2D eigenvalue weighted by Gasteiger charge is -2.35. The molecule has 2 N–H and O–H groups in total. The first-order chi connectivity index (χ1) is 13.1. The minimum atomic E-state index is -0.493. The molecule has 152 valence electrons. The average Bonchev–Trinajstić information content (AvgIpc) is 2.67. The molecule has 1 aromatic carbocycles. The van der Waals surface area contributed by atoms with Crippen LogP contribution in [0.2, 0.25) is 0 Å². The van der Waals surface area contributed by atoms with E-state index in [1.165, 1.54) is 44.2 Å². The summed E-state index contributed by atoms with van der Waals surface area (Å²) >= 11 is 0. The second-order valence-electron chi connectivity index (χ2n) is 8.14. The van der Waals surface area contributed by atoms with Gasteiger partial charge in [0.2, 0.25) is 0 Å². The summed E-state index contributed by atoms with van der Waals surface area (Å²) in [5, 5.41) is 5.95. The average molecular weight is 381 g/mol. The highest BCUT2D eigenvalue weighted by Gasteiger charge is 2.22. The Hall–Kier alpha value is -1.08. The van der Waals surface area contributed by atoms with Crippen molar-refractivity contribution < 1.29 is 8.78 Å². The smallest absolute Gasteiger partial charge is 0.126 e. The SMILES string of the molecule is CNN1CCC(CN(CNC2CCCCC2)Cc2cc(F)cc(F)c2)CC1. The summed E-state index contributed by atoms with van der Waals surface area (Å²) in [6.07, 6.45) is 8.72. The quantitative estimate of drug-likeness (QED) is 0.676. The molecule has 3 rings (SSSR count). The molecule has 27 heavy (non-hydrogen) atoms. The number of hydrazine groups is 1. The van der Waals surface area contributed by atoms with Gasteiger partial charge >= 0.3 is 0 Å². The Morgan fingerprint density at radius 1 is 1.00 bits per heavy atom. The fourth-order valence-electron chi connectivity index (χ4n) is 4.41. The van der Waals surface area contributed by atoms with Gasteiger partial charge in [-0.15, -0.1) is 0 Å². The van der Waals surface area contributed by atoms with E-state index in [2.05, 4.69) is 20.7 Å². The minimum absolute atomic E-state index is 0.493. The van der Waals surface area contributed by atoms with Crippen LogP contribution in [-0.4, -0.2) is 49.3 Å². The standard InChI is InChI=1S/C21H34F2N4/c1-24-27-9-7-17(8-10-27)14-26(16-25-21-5-3-2-4-6-21)15-18-11-19(22)13-20(23)12-18/h11-13,17,21,24-25H,2-10,14-16H2,1H3.